The molecule has 652 valence electrons. The van der Waals surface area contributed by atoms with Gasteiger partial charge in [-0.25, -0.2) is 48.6 Å². The van der Waals surface area contributed by atoms with Gasteiger partial charge in [0.2, 0.25) is 41.5 Å². The predicted molar refractivity (Wildman–Crippen MR) is 481 cm³/mol. The van der Waals surface area contributed by atoms with E-state index in [-0.39, 0.29) is 53.6 Å². The molecule has 5 fully saturated rings. The van der Waals surface area contributed by atoms with E-state index in [0.29, 0.717) is 72.8 Å². The Labute approximate surface area is 729 Å². The molecule has 0 bridgehead atoms. The molecule has 5 saturated heterocycles. The van der Waals surface area contributed by atoms with Gasteiger partial charge in [-0.3, -0.25) is 19.2 Å². The number of hydrogen-bond acceptors (Lipinski definition) is 30. The molecular formula is C88H104N32O6. The predicted octanol–water partition coefficient (Wildman–Crippen LogP) is 10.2. The van der Waals surface area contributed by atoms with Gasteiger partial charge in [-0.1, -0.05) is 36.4 Å². The summed E-state index contributed by atoms with van der Waals surface area (Å²) in [6.45, 7) is 28.7. The molecule has 14 heterocycles. The van der Waals surface area contributed by atoms with Crippen LogP contribution in [0.2, 0.25) is 0 Å². The standard InChI is InChI=1S/C26H28N8O3.C25H32N8O2.C19H22N8O.C18H22N8/c1-17-14-32(15-18(2)34(17)19(3)35)24-13-22(10-11-27-24)33-16-28-26(31-33)30-21-8-6-20(7-9-21)29-25(36)23-5-4-12-37-23;1-18-15-31(16-19(2)33(18)20(3)34)24-14-23(8-9-26-24)32-17-27-25(29-32)28-21-4-6-22(7-5-21)30-10-12-35-13-11-30;1-15(28)25-8-5-9-26(11-10-25)17-12-18(21-13-20-17)27-14-22-19(24-27)23-16-6-3-2-4-7-16;1-13-9-25(10-14(2)22-13)16-8-17(20-11-19-16)26-12-21-18(24-26)23-15-6-4-3-5-7-15/h4-13,16-18H,14-15H2,1-3H3,(H,29,36)(H,30,31);4-9,14,17-19H,10-13,15-16H2,1-3H3,(H,28,29);2-4,6-7,12-14H,5,8-11H2,1H3,(H,23,24);3-8,11-14,22H,9-10H2,1-2H3,(H,23,24)/t17-,18+;18-,19+;;13-,14+. The molecule has 5 aliphatic rings. The molecular weight excluding hydrogens is 1600 g/mol. The van der Waals surface area contributed by atoms with E-state index in [2.05, 4.69) is 180 Å². The Morgan fingerprint density at radius 3 is 1.23 bits per heavy atom. The molecule has 0 unspecified atom stereocenters. The van der Waals surface area contributed by atoms with Gasteiger partial charge in [-0.15, -0.1) is 20.4 Å². The lowest BCUT2D eigenvalue weighted by Crippen LogP contribution is -2.58. The second-order valence-electron chi connectivity index (χ2n) is 31.4. The molecule has 0 radical (unpaired) electrons. The number of benzene rings is 4. The first kappa shape index (κ1) is 86.1. The Morgan fingerprint density at radius 2 is 0.778 bits per heavy atom. The number of morpholine rings is 1. The van der Waals surface area contributed by atoms with Gasteiger partial charge in [0.15, 0.2) is 17.4 Å². The number of hydrogen-bond donors (Lipinski definition) is 6. The normalized spacial score (nSPS) is 18.3. The number of nitrogens with zero attached hydrogens (tertiary/aromatic N) is 26. The van der Waals surface area contributed by atoms with E-state index in [1.807, 2.05) is 136 Å². The van der Waals surface area contributed by atoms with Crippen molar-refractivity contribution in [1.29, 1.82) is 0 Å². The van der Waals surface area contributed by atoms with Crippen LogP contribution < -0.4 is 56.4 Å². The number of aromatic nitrogens is 18. The number of nitrogens with one attached hydrogen (secondary N) is 6. The first-order chi connectivity index (χ1) is 61.2. The highest BCUT2D eigenvalue weighted by atomic mass is 16.5. The van der Waals surface area contributed by atoms with Crippen LogP contribution in [0.25, 0.3) is 23.0 Å². The van der Waals surface area contributed by atoms with Gasteiger partial charge in [-0.2, -0.15) is 19.9 Å². The molecule has 38 heteroatoms. The molecule has 18 rings (SSSR count). The molecule has 0 spiro atoms. The molecule has 0 aliphatic carbocycles. The van der Waals surface area contributed by atoms with Crippen molar-refractivity contribution in [1.82, 2.24) is 109 Å². The SMILES string of the molecule is CC(=O)N1CCCN(c2cc(-n3cnc(Nc4ccccc4)n3)ncn2)CC1.CC(=O)N1[C@H](C)CN(c2cc(-n3cnc(Nc4ccc(N5CCOCC5)cc4)n3)ccn2)C[C@@H]1C.CC(=O)N1[C@H](C)CN(c2cc(-n3cnc(Nc4ccc(NC(=O)c5ccco5)cc4)n3)ccn2)C[C@@H]1C.C[C@@H]1CN(c2cc(-n3cnc(Nc4ccccc4)n3)ncn2)C[C@H](C)N1. The van der Waals surface area contributed by atoms with Crippen molar-refractivity contribution >= 4 is 105 Å². The summed E-state index contributed by atoms with van der Waals surface area (Å²) in [6, 6.07) is 51.3. The molecule has 126 heavy (non-hydrogen) atoms. The lowest BCUT2D eigenvalue weighted by Gasteiger charge is -2.44. The minimum Gasteiger partial charge on any atom is -0.459 e. The Morgan fingerprint density at radius 1 is 0.365 bits per heavy atom. The van der Waals surface area contributed by atoms with Gasteiger partial charge in [0.25, 0.3) is 5.91 Å². The fourth-order valence-corrected chi connectivity index (χ4v) is 16.1. The number of ether oxygens (including phenoxy) is 1. The van der Waals surface area contributed by atoms with Crippen molar-refractivity contribution in [3.8, 4) is 23.0 Å². The monoisotopic (exact) mass is 1700 g/mol. The van der Waals surface area contributed by atoms with Gasteiger partial charge < -0.3 is 80.3 Å². The van der Waals surface area contributed by atoms with Crippen LogP contribution in [0.4, 0.5) is 81.2 Å². The molecule has 13 aromatic rings. The molecule has 6 N–H and O–H groups in total. The molecule has 0 saturated carbocycles. The molecule has 4 aromatic carbocycles. The number of furan rings is 1. The molecule has 38 nitrogen and oxygen atoms in total. The zero-order chi connectivity index (χ0) is 87.6. The minimum atomic E-state index is -0.313. The van der Waals surface area contributed by atoms with Crippen molar-refractivity contribution in [2.75, 3.05) is 143 Å². The minimum absolute atomic E-state index is 0.0947. The third-order valence-corrected chi connectivity index (χ3v) is 21.8. The summed E-state index contributed by atoms with van der Waals surface area (Å²) in [5.41, 5.74) is 7.11. The van der Waals surface area contributed by atoms with Crippen LogP contribution in [0.1, 0.15) is 79.3 Å². The van der Waals surface area contributed by atoms with Crippen LogP contribution >= 0.6 is 0 Å². The number of pyridine rings is 2. The van der Waals surface area contributed by atoms with Gasteiger partial charge in [0, 0.05) is 206 Å². The second-order valence-corrected chi connectivity index (χ2v) is 31.4. The number of anilines is 14. The largest absolute Gasteiger partial charge is 0.459 e. The second kappa shape index (κ2) is 40.5. The number of piperazine rings is 3. The van der Waals surface area contributed by atoms with Crippen LogP contribution in [-0.4, -0.2) is 255 Å². The third-order valence-electron chi connectivity index (χ3n) is 21.8. The highest BCUT2D eigenvalue weighted by Crippen LogP contribution is 2.29. The van der Waals surface area contributed by atoms with E-state index in [1.54, 1.807) is 108 Å². The summed E-state index contributed by atoms with van der Waals surface area (Å²) in [5, 5.41) is 37.2. The summed E-state index contributed by atoms with van der Waals surface area (Å²) in [7, 11) is 0. The van der Waals surface area contributed by atoms with Crippen molar-refractivity contribution in [3.63, 3.8) is 0 Å². The Balaban J connectivity index is 0.000000131. The maximum atomic E-state index is 12.1. The zero-order valence-electron chi connectivity index (χ0n) is 71.9. The van der Waals surface area contributed by atoms with E-state index >= 15 is 0 Å². The summed E-state index contributed by atoms with van der Waals surface area (Å²) >= 11 is 0. The first-order valence-electron chi connectivity index (χ1n) is 42.1. The van der Waals surface area contributed by atoms with E-state index in [1.165, 1.54) is 18.3 Å². The van der Waals surface area contributed by atoms with E-state index in [9.17, 15) is 19.2 Å². The lowest BCUT2D eigenvalue weighted by molar-refractivity contribution is -0.134. The average molecular weight is 1710 g/mol. The van der Waals surface area contributed by atoms with Crippen molar-refractivity contribution in [2.45, 2.75) is 105 Å². The summed E-state index contributed by atoms with van der Waals surface area (Å²) in [6.07, 6.45) is 15.6. The summed E-state index contributed by atoms with van der Waals surface area (Å²) < 4.78 is 17.3. The number of carbonyl (C=O) groups is 4. The first-order valence-corrected chi connectivity index (χ1v) is 42.1. The topological polar surface area (TPSA) is 389 Å². The Kier molecular flexibility index (Phi) is 27.7. The van der Waals surface area contributed by atoms with Crippen LogP contribution in [0, 0.1) is 0 Å². The van der Waals surface area contributed by atoms with E-state index in [4.69, 9.17) is 9.15 Å². The highest BCUT2D eigenvalue weighted by Gasteiger charge is 2.34. The Bertz CT molecular complexity index is 5700. The van der Waals surface area contributed by atoms with Crippen LogP contribution in [0.3, 0.4) is 0 Å². The fourth-order valence-electron chi connectivity index (χ4n) is 16.1. The highest BCUT2D eigenvalue weighted by molar-refractivity contribution is 6.02. The summed E-state index contributed by atoms with van der Waals surface area (Å²) in [4.78, 5) is 109. The van der Waals surface area contributed by atoms with Crippen LogP contribution in [-0.2, 0) is 19.1 Å². The zero-order valence-corrected chi connectivity index (χ0v) is 71.9. The fraction of sp³-hybridized carbons (Fsp3) is 0.341. The summed E-state index contributed by atoms with van der Waals surface area (Å²) in [5.74, 6) is 7.02. The number of rotatable bonds is 19. The van der Waals surface area contributed by atoms with Crippen molar-refractivity contribution in [3.05, 3.63) is 220 Å². The maximum Gasteiger partial charge on any atom is 0.291 e. The molecule has 4 amide bonds. The van der Waals surface area contributed by atoms with Crippen molar-refractivity contribution < 1.29 is 28.3 Å². The average Bonchev–Trinajstić information content (AvgIpc) is 1.62. The Hall–Kier alpha value is -14.8. The number of amides is 4. The van der Waals surface area contributed by atoms with Gasteiger partial charge in [-0.05, 0) is 145 Å². The van der Waals surface area contributed by atoms with Crippen LogP contribution in [0.15, 0.2) is 219 Å². The van der Waals surface area contributed by atoms with E-state index < -0.39 is 0 Å². The van der Waals surface area contributed by atoms with Crippen molar-refractivity contribution in [2.24, 2.45) is 0 Å². The molecule has 9 aromatic heterocycles. The molecule has 5 aliphatic heterocycles. The van der Waals surface area contributed by atoms with Crippen LogP contribution in [0.5, 0.6) is 0 Å². The number of para-hydroxylation sites is 2. The van der Waals surface area contributed by atoms with Gasteiger partial charge in [0.05, 0.1) is 30.9 Å². The third kappa shape index (κ3) is 22.3. The van der Waals surface area contributed by atoms with Gasteiger partial charge in [0.1, 0.15) is 61.2 Å². The number of carbonyl (C=O) groups excluding carboxylic acids is 4. The quantitative estimate of drug-likeness (QED) is 0.0438. The van der Waals surface area contributed by atoms with E-state index in [0.717, 1.165) is 136 Å². The molecule has 6 atom stereocenters. The van der Waals surface area contributed by atoms with Gasteiger partial charge >= 0.3 is 0 Å². The maximum absolute atomic E-state index is 12.1. The lowest BCUT2D eigenvalue weighted by atomic mass is 10.1. The smallest absolute Gasteiger partial charge is 0.291 e.